The number of hydrogen-bond donors (Lipinski definition) is 2. The maximum Gasteiger partial charge on any atom is 0.323 e. The van der Waals surface area contributed by atoms with Crippen LogP contribution >= 0.6 is 0 Å². The Kier molecular flexibility index (Phi) is 4.62. The van der Waals surface area contributed by atoms with E-state index in [2.05, 4.69) is 19.2 Å². The summed E-state index contributed by atoms with van der Waals surface area (Å²) in [5.74, 6) is 0.593. The van der Waals surface area contributed by atoms with Gasteiger partial charge >= 0.3 is 5.97 Å². The van der Waals surface area contributed by atoms with Crippen LogP contribution in [0.2, 0.25) is 0 Å². The molecule has 18 heavy (non-hydrogen) atoms. The van der Waals surface area contributed by atoms with Gasteiger partial charge in [-0.25, -0.2) is 0 Å². The van der Waals surface area contributed by atoms with Gasteiger partial charge in [0.15, 0.2) is 0 Å². The Balaban J connectivity index is 1.75. The number of hydrogen-bond acceptors (Lipinski definition) is 3. The van der Waals surface area contributed by atoms with Gasteiger partial charge in [0.05, 0.1) is 12.7 Å². The summed E-state index contributed by atoms with van der Waals surface area (Å²) in [5.41, 5.74) is 0. The molecular weight excluding hydrogens is 230 g/mol. The first kappa shape index (κ1) is 13.8. The summed E-state index contributed by atoms with van der Waals surface area (Å²) in [6.07, 6.45) is 5.84. The molecule has 0 heterocycles. The highest BCUT2D eigenvalue weighted by Crippen LogP contribution is 2.30. The molecule has 2 rings (SSSR count). The van der Waals surface area contributed by atoms with E-state index in [9.17, 15) is 4.79 Å². The van der Waals surface area contributed by atoms with Crippen LogP contribution in [0.5, 0.6) is 0 Å². The summed E-state index contributed by atoms with van der Waals surface area (Å²) in [5, 5.41) is 12.3. The Morgan fingerprint density at radius 3 is 2.39 bits per heavy atom. The van der Waals surface area contributed by atoms with E-state index < -0.39 is 12.0 Å². The van der Waals surface area contributed by atoms with E-state index in [-0.39, 0.29) is 6.10 Å². The lowest BCUT2D eigenvalue weighted by Crippen LogP contribution is -2.43. The van der Waals surface area contributed by atoms with Crippen LogP contribution in [0.25, 0.3) is 0 Å². The van der Waals surface area contributed by atoms with Crippen molar-refractivity contribution in [2.45, 2.75) is 64.1 Å². The Morgan fingerprint density at radius 1 is 1.28 bits per heavy atom. The van der Waals surface area contributed by atoms with Crippen LogP contribution in [0.1, 0.15) is 46.0 Å². The van der Waals surface area contributed by atoms with Crippen molar-refractivity contribution in [3.8, 4) is 0 Å². The number of carboxylic acids is 1. The number of aliphatic carboxylic acids is 1. The first-order valence-corrected chi connectivity index (χ1v) is 7.15. The monoisotopic (exact) mass is 255 g/mol. The molecule has 4 heteroatoms. The van der Waals surface area contributed by atoms with Crippen molar-refractivity contribution >= 4 is 5.97 Å². The fourth-order valence-corrected chi connectivity index (χ4v) is 2.97. The highest BCUT2D eigenvalue weighted by molar-refractivity contribution is 5.73. The molecule has 0 radical (unpaired) electrons. The van der Waals surface area contributed by atoms with E-state index in [0.717, 1.165) is 25.7 Å². The second-order valence-corrected chi connectivity index (χ2v) is 6.20. The zero-order valence-corrected chi connectivity index (χ0v) is 11.4. The SMILES string of the molecule is CC1CC(C)CC(OCC(NC2CC2)C(=O)O)C1. The minimum Gasteiger partial charge on any atom is -0.480 e. The predicted molar refractivity (Wildman–Crippen MR) is 69.5 cm³/mol. The van der Waals surface area contributed by atoms with Crippen LogP contribution in [0.4, 0.5) is 0 Å². The second-order valence-electron chi connectivity index (χ2n) is 6.20. The van der Waals surface area contributed by atoms with E-state index >= 15 is 0 Å². The lowest BCUT2D eigenvalue weighted by atomic mass is 9.82. The smallest absolute Gasteiger partial charge is 0.323 e. The van der Waals surface area contributed by atoms with Gasteiger partial charge in [-0.05, 0) is 43.9 Å². The van der Waals surface area contributed by atoms with Gasteiger partial charge in [-0.1, -0.05) is 13.8 Å². The molecule has 0 aromatic heterocycles. The Hall–Kier alpha value is -0.610. The molecule has 0 bridgehead atoms. The van der Waals surface area contributed by atoms with Crippen molar-refractivity contribution in [2.75, 3.05) is 6.61 Å². The third-order valence-corrected chi connectivity index (χ3v) is 3.95. The lowest BCUT2D eigenvalue weighted by Gasteiger charge is -2.32. The predicted octanol–water partition coefficient (Wildman–Crippen LogP) is 2.03. The zero-order valence-electron chi connectivity index (χ0n) is 11.4. The fraction of sp³-hybridized carbons (Fsp3) is 0.929. The molecule has 2 fully saturated rings. The quantitative estimate of drug-likeness (QED) is 0.762. The Morgan fingerprint density at radius 2 is 1.89 bits per heavy atom. The largest absolute Gasteiger partial charge is 0.480 e. The molecule has 0 aromatic rings. The average molecular weight is 255 g/mol. The molecule has 3 unspecified atom stereocenters. The molecular formula is C14H25NO3. The van der Waals surface area contributed by atoms with Gasteiger partial charge in [0.2, 0.25) is 0 Å². The molecule has 0 aromatic carbocycles. The molecule has 3 atom stereocenters. The molecule has 2 aliphatic carbocycles. The third kappa shape index (κ3) is 4.25. The van der Waals surface area contributed by atoms with E-state index in [1.165, 1.54) is 6.42 Å². The van der Waals surface area contributed by atoms with Crippen LogP contribution in [0.15, 0.2) is 0 Å². The molecule has 0 amide bonds. The normalized spacial score (nSPS) is 34.2. The lowest BCUT2D eigenvalue weighted by molar-refractivity contribution is -0.142. The number of rotatable bonds is 6. The highest BCUT2D eigenvalue weighted by Gasteiger charge is 2.30. The van der Waals surface area contributed by atoms with Gasteiger partial charge in [-0.15, -0.1) is 0 Å². The summed E-state index contributed by atoms with van der Waals surface area (Å²) >= 11 is 0. The maximum absolute atomic E-state index is 11.1. The van der Waals surface area contributed by atoms with Gasteiger partial charge < -0.3 is 9.84 Å². The molecule has 104 valence electrons. The zero-order chi connectivity index (χ0) is 13.1. The average Bonchev–Trinajstić information content (AvgIpc) is 3.06. The topological polar surface area (TPSA) is 58.6 Å². The second kappa shape index (κ2) is 6.02. The summed E-state index contributed by atoms with van der Waals surface area (Å²) in [6, 6.07) is -0.135. The summed E-state index contributed by atoms with van der Waals surface area (Å²) < 4.78 is 5.83. The van der Waals surface area contributed by atoms with Crippen molar-refractivity contribution in [2.24, 2.45) is 11.8 Å². The van der Waals surface area contributed by atoms with Crippen molar-refractivity contribution in [3.05, 3.63) is 0 Å². The molecule has 0 aliphatic heterocycles. The van der Waals surface area contributed by atoms with E-state index in [1.807, 2.05) is 0 Å². The number of nitrogens with one attached hydrogen (secondary N) is 1. The maximum atomic E-state index is 11.1. The molecule has 2 N–H and O–H groups in total. The van der Waals surface area contributed by atoms with Crippen molar-refractivity contribution < 1.29 is 14.6 Å². The minimum absolute atomic E-state index is 0.242. The minimum atomic E-state index is -0.793. The molecule has 2 aliphatic rings. The summed E-state index contributed by atoms with van der Waals surface area (Å²) in [4.78, 5) is 11.1. The van der Waals surface area contributed by atoms with Crippen LogP contribution < -0.4 is 5.32 Å². The van der Waals surface area contributed by atoms with Crippen LogP contribution in [0.3, 0.4) is 0 Å². The molecule has 2 saturated carbocycles. The number of ether oxygens (including phenoxy) is 1. The van der Waals surface area contributed by atoms with Crippen LogP contribution in [0, 0.1) is 11.8 Å². The number of carbonyl (C=O) groups is 1. The number of carboxylic acid groups (broad SMARTS) is 1. The standard InChI is InChI=1S/C14H25NO3/c1-9-5-10(2)7-12(6-9)18-8-13(14(16)17)15-11-3-4-11/h9-13,15H,3-8H2,1-2H3,(H,16,17). The third-order valence-electron chi connectivity index (χ3n) is 3.95. The highest BCUT2D eigenvalue weighted by atomic mass is 16.5. The molecule has 4 nitrogen and oxygen atoms in total. The van der Waals surface area contributed by atoms with Gasteiger partial charge in [0.1, 0.15) is 6.04 Å². The summed E-state index contributed by atoms with van der Waals surface area (Å²) in [7, 11) is 0. The van der Waals surface area contributed by atoms with Crippen molar-refractivity contribution in [3.63, 3.8) is 0 Å². The van der Waals surface area contributed by atoms with Crippen molar-refractivity contribution in [1.82, 2.24) is 5.32 Å². The van der Waals surface area contributed by atoms with E-state index in [4.69, 9.17) is 9.84 Å². The fourth-order valence-electron chi connectivity index (χ4n) is 2.97. The molecule has 0 spiro atoms. The van der Waals surface area contributed by atoms with Crippen LogP contribution in [-0.2, 0) is 9.53 Å². The van der Waals surface area contributed by atoms with E-state index in [0.29, 0.717) is 24.5 Å². The first-order chi connectivity index (χ1) is 8.54. The van der Waals surface area contributed by atoms with Gasteiger partial charge in [-0.2, -0.15) is 0 Å². The molecule has 0 saturated heterocycles. The summed E-state index contributed by atoms with van der Waals surface area (Å²) in [6.45, 7) is 4.81. The van der Waals surface area contributed by atoms with Crippen molar-refractivity contribution in [1.29, 1.82) is 0 Å². The Bertz CT molecular complexity index is 281. The van der Waals surface area contributed by atoms with Gasteiger partial charge in [0, 0.05) is 6.04 Å². The van der Waals surface area contributed by atoms with Crippen LogP contribution in [-0.4, -0.2) is 35.9 Å². The van der Waals surface area contributed by atoms with Gasteiger partial charge in [-0.3, -0.25) is 10.1 Å². The van der Waals surface area contributed by atoms with E-state index in [1.54, 1.807) is 0 Å². The first-order valence-electron chi connectivity index (χ1n) is 7.15. The van der Waals surface area contributed by atoms with Gasteiger partial charge in [0.25, 0.3) is 0 Å². The Labute approximate surface area is 109 Å².